The van der Waals surface area contributed by atoms with Crippen LogP contribution in [0.4, 0.5) is 0 Å². The summed E-state index contributed by atoms with van der Waals surface area (Å²) in [5.41, 5.74) is 13.3. The van der Waals surface area contributed by atoms with E-state index in [1.54, 1.807) is 0 Å². The number of ketones is 1. The molecule has 0 bridgehead atoms. The lowest BCUT2D eigenvalue weighted by atomic mass is 9.93. The maximum Gasteiger partial charge on any atom is 0.147 e. The minimum absolute atomic E-state index is 0.0840. The van der Waals surface area contributed by atoms with Crippen molar-refractivity contribution >= 4 is 16.7 Å². The van der Waals surface area contributed by atoms with Crippen molar-refractivity contribution in [3.05, 3.63) is 64.6 Å². The lowest BCUT2D eigenvalue weighted by molar-refractivity contribution is -0.118. The lowest BCUT2D eigenvalue weighted by Gasteiger charge is -2.28. The molecule has 5 nitrogen and oxygen atoms in total. The average Bonchev–Trinajstić information content (AvgIpc) is 3.05. The summed E-state index contributed by atoms with van der Waals surface area (Å²) in [6, 6.07) is 10.9. The average molecular weight is 405 g/mol. The van der Waals surface area contributed by atoms with Gasteiger partial charge < -0.3 is 10.3 Å². The Balaban J connectivity index is 1.81. The molecule has 0 saturated carbocycles. The van der Waals surface area contributed by atoms with Gasteiger partial charge in [0.2, 0.25) is 0 Å². The van der Waals surface area contributed by atoms with Gasteiger partial charge in [-0.05, 0) is 62.2 Å². The summed E-state index contributed by atoms with van der Waals surface area (Å²) < 4.78 is 2.47. The summed E-state index contributed by atoms with van der Waals surface area (Å²) in [6.45, 7) is 10.4. The number of rotatable bonds is 7. The van der Waals surface area contributed by atoms with Crippen molar-refractivity contribution < 1.29 is 4.79 Å². The highest BCUT2D eigenvalue weighted by atomic mass is 16.1. The third kappa shape index (κ3) is 4.05. The molecular formula is C25H32N4O. The number of carbonyl (C=O) groups excluding carboxylic acids is 1. The highest BCUT2D eigenvalue weighted by Crippen LogP contribution is 2.34. The van der Waals surface area contributed by atoms with Crippen molar-refractivity contribution in [2.45, 2.75) is 52.6 Å². The third-order valence-electron chi connectivity index (χ3n) is 6.44. The van der Waals surface area contributed by atoms with Crippen LogP contribution in [0.1, 0.15) is 47.3 Å². The molecule has 0 saturated heterocycles. The molecule has 1 atom stereocenters. The predicted molar refractivity (Wildman–Crippen MR) is 122 cm³/mol. The number of Topliss-reactive ketones (excluding diaryl/α,β-unsaturated/α-hetero) is 1. The summed E-state index contributed by atoms with van der Waals surface area (Å²) in [7, 11) is 0. The zero-order chi connectivity index (χ0) is 21.3. The van der Waals surface area contributed by atoms with Gasteiger partial charge >= 0.3 is 0 Å². The van der Waals surface area contributed by atoms with Crippen LogP contribution in [0.3, 0.4) is 0 Å². The van der Waals surface area contributed by atoms with Crippen LogP contribution >= 0.6 is 0 Å². The molecule has 2 N–H and O–H groups in total. The Kier molecular flexibility index (Phi) is 6.02. The van der Waals surface area contributed by atoms with Crippen LogP contribution in [0.15, 0.2) is 36.5 Å². The topological polar surface area (TPSA) is 64.2 Å². The molecule has 5 heteroatoms. The first kappa shape index (κ1) is 20.8. The van der Waals surface area contributed by atoms with Crippen LogP contribution in [-0.4, -0.2) is 39.9 Å². The number of aromatic nitrogens is 2. The number of fused-ring (bicyclic) bond motifs is 3. The van der Waals surface area contributed by atoms with Crippen LogP contribution < -0.4 is 5.73 Å². The SMILES string of the molecule is CCN1CCc2c(n(CC(CC(=O)CN)c3ccnc(C)c3)c3ccc(C)cc23)C1. The van der Waals surface area contributed by atoms with Crippen molar-refractivity contribution in [1.82, 2.24) is 14.5 Å². The number of carbonyl (C=O) groups is 1. The normalized spacial score (nSPS) is 15.3. The quantitative estimate of drug-likeness (QED) is 0.652. The van der Waals surface area contributed by atoms with E-state index in [1.165, 1.54) is 27.7 Å². The number of pyridine rings is 1. The Labute approximate surface area is 178 Å². The van der Waals surface area contributed by atoms with Crippen LogP contribution in [0.5, 0.6) is 0 Å². The number of benzene rings is 1. The number of aryl methyl sites for hydroxylation is 2. The van der Waals surface area contributed by atoms with E-state index in [0.717, 1.165) is 43.9 Å². The van der Waals surface area contributed by atoms with E-state index in [2.05, 4.69) is 52.6 Å². The maximum absolute atomic E-state index is 12.3. The van der Waals surface area contributed by atoms with Gasteiger partial charge in [0.15, 0.2) is 0 Å². The summed E-state index contributed by atoms with van der Waals surface area (Å²) >= 11 is 0. The van der Waals surface area contributed by atoms with E-state index in [9.17, 15) is 4.79 Å². The van der Waals surface area contributed by atoms with Crippen molar-refractivity contribution in [2.24, 2.45) is 5.73 Å². The van der Waals surface area contributed by atoms with Gasteiger partial charge in [0.25, 0.3) is 0 Å². The Morgan fingerprint density at radius 1 is 1.23 bits per heavy atom. The molecule has 0 fully saturated rings. The standard InChI is InChI=1S/C25H32N4O/c1-4-28-10-8-22-23-11-17(2)5-6-24(23)29(25(22)16-28)15-20(13-21(30)14-26)19-7-9-27-18(3)12-19/h5-7,9,11-12,20H,4,8,10,13-16,26H2,1-3H3. The van der Waals surface area contributed by atoms with Crippen molar-refractivity contribution in [3.8, 4) is 0 Å². The summed E-state index contributed by atoms with van der Waals surface area (Å²) in [5.74, 6) is 0.187. The Morgan fingerprint density at radius 3 is 2.80 bits per heavy atom. The van der Waals surface area contributed by atoms with Crippen molar-refractivity contribution in [3.63, 3.8) is 0 Å². The van der Waals surface area contributed by atoms with E-state index < -0.39 is 0 Å². The molecule has 30 heavy (non-hydrogen) atoms. The second kappa shape index (κ2) is 8.70. The summed E-state index contributed by atoms with van der Waals surface area (Å²) in [6.07, 6.45) is 3.38. The highest BCUT2D eigenvalue weighted by Gasteiger charge is 2.26. The number of likely N-dealkylation sites (N-methyl/N-ethyl adjacent to an activating group) is 1. The molecule has 3 aromatic rings. The molecule has 1 aromatic carbocycles. The Bertz CT molecular complexity index is 1070. The first-order chi connectivity index (χ1) is 14.5. The first-order valence-corrected chi connectivity index (χ1v) is 11.0. The molecule has 3 heterocycles. The van der Waals surface area contributed by atoms with Gasteiger partial charge in [-0.15, -0.1) is 0 Å². The molecule has 2 aromatic heterocycles. The molecule has 1 aliphatic heterocycles. The third-order valence-corrected chi connectivity index (χ3v) is 6.44. The molecule has 1 aliphatic rings. The second-order valence-corrected chi connectivity index (χ2v) is 8.55. The number of hydrogen-bond donors (Lipinski definition) is 1. The fourth-order valence-corrected chi connectivity index (χ4v) is 4.78. The van der Waals surface area contributed by atoms with Gasteiger partial charge in [0.05, 0.1) is 6.54 Å². The maximum atomic E-state index is 12.3. The van der Waals surface area contributed by atoms with Crippen LogP contribution in [-0.2, 0) is 24.3 Å². The summed E-state index contributed by atoms with van der Waals surface area (Å²) in [4.78, 5) is 19.2. The zero-order valence-electron chi connectivity index (χ0n) is 18.3. The fraction of sp³-hybridized carbons (Fsp3) is 0.440. The van der Waals surface area contributed by atoms with Crippen LogP contribution in [0.2, 0.25) is 0 Å². The van der Waals surface area contributed by atoms with Crippen LogP contribution in [0.25, 0.3) is 10.9 Å². The fourth-order valence-electron chi connectivity index (χ4n) is 4.78. The molecule has 0 radical (unpaired) electrons. The van der Waals surface area contributed by atoms with Gasteiger partial charge in [0.1, 0.15) is 5.78 Å². The molecule has 0 aliphatic carbocycles. The molecule has 4 rings (SSSR count). The van der Waals surface area contributed by atoms with E-state index >= 15 is 0 Å². The smallest absolute Gasteiger partial charge is 0.147 e. The van der Waals surface area contributed by atoms with E-state index in [1.807, 2.05) is 19.2 Å². The number of nitrogens with two attached hydrogens (primary N) is 1. The first-order valence-electron chi connectivity index (χ1n) is 11.0. The van der Waals surface area contributed by atoms with Gasteiger partial charge in [-0.25, -0.2) is 0 Å². The predicted octanol–water partition coefficient (Wildman–Crippen LogP) is 3.73. The minimum atomic E-state index is 0.0840. The van der Waals surface area contributed by atoms with Gasteiger partial charge in [0, 0.05) is 60.5 Å². The molecule has 158 valence electrons. The van der Waals surface area contributed by atoms with Gasteiger partial charge in [-0.2, -0.15) is 0 Å². The largest absolute Gasteiger partial charge is 0.342 e. The number of hydrogen-bond acceptors (Lipinski definition) is 4. The Hall–Kier alpha value is -2.50. The van der Waals surface area contributed by atoms with Crippen LogP contribution in [0, 0.1) is 13.8 Å². The summed E-state index contributed by atoms with van der Waals surface area (Å²) in [5, 5.41) is 1.37. The molecule has 0 spiro atoms. The lowest BCUT2D eigenvalue weighted by Crippen LogP contribution is -2.31. The molecular weight excluding hydrogens is 372 g/mol. The minimum Gasteiger partial charge on any atom is -0.342 e. The second-order valence-electron chi connectivity index (χ2n) is 8.55. The monoisotopic (exact) mass is 404 g/mol. The van der Waals surface area contributed by atoms with E-state index in [4.69, 9.17) is 5.73 Å². The Morgan fingerprint density at radius 2 is 2.07 bits per heavy atom. The van der Waals surface area contributed by atoms with Crippen molar-refractivity contribution in [2.75, 3.05) is 19.6 Å². The van der Waals surface area contributed by atoms with E-state index in [-0.39, 0.29) is 18.2 Å². The van der Waals surface area contributed by atoms with E-state index in [0.29, 0.717) is 6.42 Å². The van der Waals surface area contributed by atoms with Crippen molar-refractivity contribution in [1.29, 1.82) is 0 Å². The van der Waals surface area contributed by atoms with Gasteiger partial charge in [-0.3, -0.25) is 14.7 Å². The number of nitrogens with zero attached hydrogens (tertiary/aromatic N) is 3. The molecule has 0 amide bonds. The zero-order valence-corrected chi connectivity index (χ0v) is 18.3. The van der Waals surface area contributed by atoms with Gasteiger partial charge in [-0.1, -0.05) is 18.6 Å². The molecule has 1 unspecified atom stereocenters. The highest BCUT2D eigenvalue weighted by molar-refractivity contribution is 5.87.